The minimum atomic E-state index is -3.72. The molecule has 9 aromatic rings. The summed E-state index contributed by atoms with van der Waals surface area (Å²) in [5.41, 5.74) is 7.28. The SMILES string of the molecule is COC(=O)[C@@H]1CCN(S(=O)(=O)c2ccccc2C)[C@H](c2cccc(Cl)c2)C1.COC(=O)[C@@H]1CCN[C@H](c2cccc(Cl)c2)C1.COC(=O)c1ccnc(-c2cccc(Cl)c2)c1.COC(=O)c1ccnc(Cl)c1.Cc1ccccc1S(=O)(=O)Cl.Cc1cnccc1Br.Cl.OB(O)B(O)O.OB(O)c1cccc(Cl)c1.[CH3-].[CH3-].[Pd+2]. The normalized spacial score (nSPS) is 14.4. The van der Waals surface area contributed by atoms with E-state index >= 15 is 0 Å². The number of nitrogens with one attached hydrogen (secondary N) is 1. The van der Waals surface area contributed by atoms with Gasteiger partial charge >= 0.3 is 65.4 Å². The van der Waals surface area contributed by atoms with E-state index in [9.17, 15) is 36.0 Å². The Morgan fingerprint density at radius 3 is 1.46 bits per heavy atom. The van der Waals surface area contributed by atoms with Crippen LogP contribution in [0, 0.1) is 47.5 Å². The molecule has 5 heterocycles. The Kier molecular flexibility index (Phi) is 50.5. The van der Waals surface area contributed by atoms with Crippen LogP contribution in [0.15, 0.2) is 215 Å². The number of esters is 4. The van der Waals surface area contributed by atoms with Crippen molar-refractivity contribution in [3.05, 3.63) is 284 Å². The molecular weight excluding hydrogens is 1780 g/mol. The van der Waals surface area contributed by atoms with Gasteiger partial charge in [0.1, 0.15) is 5.15 Å². The number of aromatic nitrogens is 3. The van der Waals surface area contributed by atoms with E-state index in [0.29, 0.717) is 61.3 Å². The summed E-state index contributed by atoms with van der Waals surface area (Å²) in [6, 6.07) is 50.1. The first-order chi connectivity index (χ1) is 50.6. The number of piperidine rings is 2. The van der Waals surface area contributed by atoms with E-state index in [1.54, 1.807) is 123 Å². The van der Waals surface area contributed by atoms with Crippen LogP contribution < -0.4 is 10.8 Å². The molecular formula is C74H84B3BrCl7N5O18PdS2. The molecule has 37 heteroatoms. The first kappa shape index (κ1) is 105. The molecule has 0 radical (unpaired) electrons. The van der Waals surface area contributed by atoms with Crippen LogP contribution in [0.25, 0.3) is 11.3 Å². The summed E-state index contributed by atoms with van der Waals surface area (Å²) in [5, 5.41) is 54.1. The van der Waals surface area contributed by atoms with Crippen molar-refractivity contribution in [1.82, 2.24) is 24.6 Å². The Morgan fingerprint density at radius 1 is 0.541 bits per heavy atom. The second-order valence-electron chi connectivity index (χ2n) is 22.9. The fraction of sp³-hybridized carbons (Fsp3) is 0.230. The number of methoxy groups -OCH3 is 4. The maximum atomic E-state index is 13.4. The van der Waals surface area contributed by atoms with Gasteiger partial charge in [-0.25, -0.2) is 31.4 Å². The molecule has 2 aliphatic heterocycles. The van der Waals surface area contributed by atoms with Crippen molar-refractivity contribution in [3.8, 4) is 11.3 Å². The molecule has 111 heavy (non-hydrogen) atoms. The van der Waals surface area contributed by atoms with E-state index in [1.807, 2.05) is 67.7 Å². The quantitative estimate of drug-likeness (QED) is 0.0149. The molecule has 0 saturated carbocycles. The maximum absolute atomic E-state index is 13.4. The molecule has 0 bridgehead atoms. The van der Waals surface area contributed by atoms with Crippen molar-refractivity contribution in [3.63, 3.8) is 0 Å². The number of aryl methyl sites for hydroxylation is 3. The summed E-state index contributed by atoms with van der Waals surface area (Å²) >= 11 is 32.5. The summed E-state index contributed by atoms with van der Waals surface area (Å²) in [6.45, 7) is 6.57. The van der Waals surface area contributed by atoms with Gasteiger partial charge in [0, 0.05) is 78.2 Å². The van der Waals surface area contributed by atoms with Gasteiger partial charge in [-0.3, -0.25) is 19.6 Å². The zero-order chi connectivity index (χ0) is 79.6. The molecule has 0 aliphatic carbocycles. The number of halogens is 8. The predicted octanol–water partition coefficient (Wildman–Crippen LogP) is 13.7. The van der Waals surface area contributed by atoms with E-state index in [0.717, 1.165) is 45.6 Å². The van der Waals surface area contributed by atoms with Gasteiger partial charge in [0.05, 0.1) is 72.9 Å². The standard InChI is InChI=1S/C20H22ClNO4S.C13H16ClNO2.C13H10ClNO2.C7H6ClNO2.C7H7ClO2S.C6H6BClO2.C6H6BrN.2CH3.B2H4O4.ClH.Pd/c1-14-6-3-4-9-19(14)27(24,25)22-11-10-16(20(23)26-2)13-18(22)15-7-5-8-17(21)12-15;2*1-17-13(16)10-5-6-15-12(8-10)9-3-2-4-11(14)7-9;1-11-7(10)5-2-3-9-6(8)4-5;1-6-4-2-3-5-7(6)11(8,9)10;8-6-3-1-2-5(4-6)7(9)10;1-5-4-8-3-2-6(5)7;;;3-1(4)2(5)6;;/h3-9,12,16,18H,10-11,13H2,1-2H3;2-4,7,10,12,15H,5-6,8H2,1H3;2-8H,1H3;2-4H,1H3;2-5H,1H3;1-4,9-10H;2-4H,1H3;2*1H3;3-6H;1H;/q;;;;;;;2*-1;;;+2/t16-,18+;10-,12+;;;;;;;;;;/m11........../s1. The van der Waals surface area contributed by atoms with Crippen molar-refractivity contribution < 1.29 is 106 Å². The molecule has 11 rings (SSSR count). The number of sulfonamides is 1. The summed E-state index contributed by atoms with van der Waals surface area (Å²) in [5.74, 6) is -1.56. The first-order valence-electron chi connectivity index (χ1n) is 32.0. The van der Waals surface area contributed by atoms with Crippen molar-refractivity contribution in [1.29, 1.82) is 0 Å². The van der Waals surface area contributed by atoms with E-state index in [2.05, 4.69) is 45.7 Å². The van der Waals surface area contributed by atoms with Crippen LogP contribution in [0.4, 0.5) is 0 Å². The maximum Gasteiger partial charge on any atom is 2.00 e. The van der Waals surface area contributed by atoms with Crippen LogP contribution >= 0.6 is 97.0 Å². The molecule has 2 fully saturated rings. The Labute approximate surface area is 707 Å². The molecule has 2 saturated heterocycles. The van der Waals surface area contributed by atoms with Crippen LogP contribution in [0.2, 0.25) is 25.2 Å². The van der Waals surface area contributed by atoms with Crippen molar-refractivity contribution in [2.45, 2.75) is 68.3 Å². The number of pyridine rings is 3. The Morgan fingerprint density at radius 2 is 1.02 bits per heavy atom. The molecule has 600 valence electrons. The second-order valence-corrected chi connectivity index (χ2v) is 30.3. The Bertz CT molecular complexity index is 4580. The van der Waals surface area contributed by atoms with Gasteiger partial charge < -0.3 is 69.3 Å². The van der Waals surface area contributed by atoms with Gasteiger partial charge in [-0.2, -0.15) is 4.31 Å². The number of ether oxygens (including phenoxy) is 4. The third-order valence-electron chi connectivity index (χ3n) is 15.4. The fourth-order valence-electron chi connectivity index (χ4n) is 9.96. The molecule has 7 N–H and O–H groups in total. The monoisotopic (exact) mass is 1860 g/mol. The number of rotatable bonds is 12. The third kappa shape index (κ3) is 36.3. The molecule has 23 nitrogen and oxygen atoms in total. The van der Waals surface area contributed by atoms with Gasteiger partial charge in [0.15, 0.2) is 0 Å². The number of carbonyl (C=O) groups is 4. The van der Waals surface area contributed by atoms with Crippen molar-refractivity contribution in [2.75, 3.05) is 41.5 Å². The summed E-state index contributed by atoms with van der Waals surface area (Å²) in [6.07, 6.45) is 9.00. The first-order valence-corrected chi connectivity index (χ1v) is 38.5. The Hall–Kier alpha value is -6.40. The number of carbonyl (C=O) groups excluding carboxylic acids is 4. The van der Waals surface area contributed by atoms with Gasteiger partial charge in [-0.05, 0) is 177 Å². The van der Waals surface area contributed by atoms with Crippen molar-refractivity contribution in [2.24, 2.45) is 11.8 Å². The number of hydrogen-bond donors (Lipinski definition) is 7. The van der Waals surface area contributed by atoms with Gasteiger partial charge in [-0.15, -0.1) is 12.4 Å². The minimum Gasteiger partial charge on any atom is -0.469 e. The van der Waals surface area contributed by atoms with Crippen LogP contribution in [-0.4, -0.2) is 153 Å². The van der Waals surface area contributed by atoms with Crippen molar-refractivity contribution >= 4 is 167 Å². The average molecular weight is 1860 g/mol. The van der Waals surface area contributed by atoms with Crippen LogP contribution in [0.5, 0.6) is 0 Å². The summed E-state index contributed by atoms with van der Waals surface area (Å²) < 4.78 is 69.9. The second kappa shape index (κ2) is 53.6. The molecule has 2 aliphatic rings. The molecule has 3 aromatic heterocycles. The number of hydrogen-bond acceptors (Lipinski definition) is 22. The molecule has 0 spiro atoms. The van der Waals surface area contributed by atoms with E-state index in [-0.39, 0.29) is 105 Å². The molecule has 6 aromatic carbocycles. The smallest absolute Gasteiger partial charge is 0.469 e. The summed E-state index contributed by atoms with van der Waals surface area (Å²) in [7, 11) is -2.19. The van der Waals surface area contributed by atoms with Crippen LogP contribution in [-0.2, 0) is 68.0 Å². The van der Waals surface area contributed by atoms with E-state index in [4.69, 9.17) is 108 Å². The predicted molar refractivity (Wildman–Crippen MR) is 440 cm³/mol. The van der Waals surface area contributed by atoms with Gasteiger partial charge in [0.2, 0.25) is 10.0 Å². The molecule has 0 amide bonds. The molecule has 4 atom stereocenters. The third-order valence-corrected chi connectivity index (χ3v) is 20.9. The van der Waals surface area contributed by atoms with E-state index in [1.165, 1.54) is 68.8 Å². The molecule has 0 unspecified atom stereocenters. The van der Waals surface area contributed by atoms with Crippen LogP contribution in [0.1, 0.15) is 86.3 Å². The number of benzene rings is 6. The average Bonchev–Trinajstić information content (AvgIpc) is 0.764. The number of nitrogens with zero attached hydrogens (tertiary/aromatic N) is 4. The fourth-order valence-corrected chi connectivity index (χ4v) is 14.2. The summed E-state index contributed by atoms with van der Waals surface area (Å²) in [4.78, 5) is 58.2. The zero-order valence-corrected chi connectivity index (χ0v) is 71.5. The van der Waals surface area contributed by atoms with Gasteiger partial charge in [0.25, 0.3) is 9.05 Å². The largest absolute Gasteiger partial charge is 2.00 e. The van der Waals surface area contributed by atoms with E-state index < -0.39 is 52.2 Å². The Balaban J connectivity index is 0.00000129. The topological polar surface area (TPSA) is 349 Å². The minimum absolute atomic E-state index is 0. The van der Waals surface area contributed by atoms with Gasteiger partial charge in [-0.1, -0.05) is 159 Å². The zero-order valence-electron chi connectivity index (χ0n) is 61.4. The van der Waals surface area contributed by atoms with Crippen LogP contribution in [0.3, 0.4) is 0 Å².